The molecule has 13 heavy (non-hydrogen) atoms. The second-order valence-electron chi connectivity index (χ2n) is 2.15. The van der Waals surface area contributed by atoms with Gasteiger partial charge < -0.3 is 25.1 Å². The predicted molar refractivity (Wildman–Crippen MR) is 40.4 cm³/mol. The Bertz CT molecular complexity index is 229. The van der Waals surface area contributed by atoms with E-state index in [-0.39, 0.29) is 5.33 Å². The second-order valence-corrected chi connectivity index (χ2v) is 2.71. The van der Waals surface area contributed by atoms with Gasteiger partial charge in [-0.05, 0) is 0 Å². The molecule has 1 atom stereocenters. The van der Waals surface area contributed by atoms with Gasteiger partial charge in [0.1, 0.15) is 0 Å². The summed E-state index contributed by atoms with van der Waals surface area (Å²) in [5.41, 5.74) is 0. The van der Waals surface area contributed by atoms with Crippen molar-refractivity contribution in [2.24, 2.45) is 0 Å². The Morgan fingerprint density at radius 1 is 1.31 bits per heavy atom. The summed E-state index contributed by atoms with van der Waals surface area (Å²) in [5, 5.41) is 22.1. The van der Waals surface area contributed by atoms with E-state index in [1.807, 2.05) is 5.32 Å². The quantitative estimate of drug-likeness (QED) is 0.517. The van der Waals surface area contributed by atoms with Crippen molar-refractivity contribution in [3.8, 4) is 0 Å². The number of alkyl halides is 1. The molecule has 1 amide bonds. The third kappa shape index (κ3) is 5.18. The molecule has 1 N–H and O–H groups in total. The van der Waals surface area contributed by atoms with Crippen molar-refractivity contribution in [1.82, 2.24) is 5.32 Å². The Morgan fingerprint density at radius 2 is 1.85 bits per heavy atom. The number of amides is 1. The van der Waals surface area contributed by atoms with Gasteiger partial charge in [-0.2, -0.15) is 0 Å². The fourth-order valence-corrected chi connectivity index (χ4v) is 0.755. The highest BCUT2D eigenvalue weighted by molar-refractivity contribution is 9.09. The summed E-state index contributed by atoms with van der Waals surface area (Å²) < 4.78 is 0. The highest BCUT2D eigenvalue weighted by atomic mass is 79.9. The normalized spacial score (nSPS) is 11.8. The highest BCUT2D eigenvalue weighted by Crippen LogP contribution is 1.90. The zero-order valence-electron chi connectivity index (χ0n) is 6.41. The third-order valence-electron chi connectivity index (χ3n) is 1.11. The molecule has 1 unspecified atom stereocenters. The van der Waals surface area contributed by atoms with Crippen LogP contribution in [-0.4, -0.2) is 29.2 Å². The van der Waals surface area contributed by atoms with Crippen LogP contribution >= 0.6 is 15.9 Å². The predicted octanol–water partition coefficient (Wildman–Crippen LogP) is -3.24. The van der Waals surface area contributed by atoms with Gasteiger partial charge in [0.05, 0.1) is 17.3 Å². The smallest absolute Gasteiger partial charge is 0.231 e. The van der Waals surface area contributed by atoms with E-state index in [1.165, 1.54) is 0 Å². The standard InChI is InChI=1S/C6H8BrNO5/c7-2-4(9)8-3(6(12)13)1-5(10)11/h3H,1-2H2,(H,8,9)(H,10,11)(H,12,13)/p-2. The molecular formula is C6H6BrNO5-2. The topological polar surface area (TPSA) is 109 Å². The molecule has 0 saturated heterocycles. The van der Waals surface area contributed by atoms with Crippen molar-refractivity contribution in [1.29, 1.82) is 0 Å². The molecule has 0 fully saturated rings. The molecule has 0 heterocycles. The van der Waals surface area contributed by atoms with Gasteiger partial charge in [0.25, 0.3) is 0 Å². The van der Waals surface area contributed by atoms with Crippen LogP contribution < -0.4 is 15.5 Å². The maximum atomic E-state index is 10.6. The zero-order chi connectivity index (χ0) is 10.4. The first kappa shape index (κ1) is 11.9. The first-order valence-electron chi connectivity index (χ1n) is 3.23. The molecule has 0 aromatic rings. The summed E-state index contributed by atoms with van der Waals surface area (Å²) in [4.78, 5) is 30.9. The highest BCUT2D eigenvalue weighted by Gasteiger charge is 2.12. The number of carbonyl (C=O) groups excluding carboxylic acids is 3. The second kappa shape index (κ2) is 5.52. The Labute approximate surface area is 82.1 Å². The van der Waals surface area contributed by atoms with E-state index in [2.05, 4.69) is 15.9 Å². The SMILES string of the molecule is O=C([O-])CC(NC(=O)CBr)C(=O)[O-]. The lowest BCUT2D eigenvalue weighted by Gasteiger charge is -2.19. The lowest BCUT2D eigenvalue weighted by molar-refractivity contribution is -0.317. The number of aliphatic carboxylic acids is 2. The molecule has 0 aliphatic heterocycles. The molecule has 0 aromatic carbocycles. The summed E-state index contributed by atoms with van der Waals surface area (Å²) >= 11 is 2.77. The Morgan fingerprint density at radius 3 is 2.15 bits per heavy atom. The number of hydrogen-bond acceptors (Lipinski definition) is 5. The summed E-state index contributed by atoms with van der Waals surface area (Å²) in [6, 6.07) is -1.55. The van der Waals surface area contributed by atoms with E-state index in [9.17, 15) is 24.6 Å². The van der Waals surface area contributed by atoms with Gasteiger partial charge in [-0.25, -0.2) is 0 Å². The van der Waals surface area contributed by atoms with Crippen LogP contribution in [0.1, 0.15) is 6.42 Å². The van der Waals surface area contributed by atoms with Crippen LogP contribution in [0.5, 0.6) is 0 Å². The van der Waals surface area contributed by atoms with Crippen LogP contribution in [0.4, 0.5) is 0 Å². The van der Waals surface area contributed by atoms with Crippen LogP contribution in [0, 0.1) is 0 Å². The first-order chi connectivity index (χ1) is 5.97. The molecule has 0 spiro atoms. The largest absolute Gasteiger partial charge is 0.550 e. The molecule has 74 valence electrons. The molecule has 0 aliphatic carbocycles. The van der Waals surface area contributed by atoms with E-state index in [0.717, 1.165) is 0 Å². The van der Waals surface area contributed by atoms with Crippen LogP contribution in [-0.2, 0) is 14.4 Å². The van der Waals surface area contributed by atoms with Gasteiger partial charge in [0.2, 0.25) is 5.91 Å². The van der Waals surface area contributed by atoms with Gasteiger partial charge in [-0.3, -0.25) is 4.79 Å². The van der Waals surface area contributed by atoms with Gasteiger partial charge in [0.15, 0.2) is 0 Å². The van der Waals surface area contributed by atoms with Crippen molar-refractivity contribution in [2.75, 3.05) is 5.33 Å². The number of rotatable bonds is 5. The molecule has 6 nitrogen and oxygen atoms in total. The average molecular weight is 252 g/mol. The number of halogens is 1. The van der Waals surface area contributed by atoms with E-state index in [0.29, 0.717) is 0 Å². The van der Waals surface area contributed by atoms with E-state index >= 15 is 0 Å². The van der Waals surface area contributed by atoms with Gasteiger partial charge in [-0.15, -0.1) is 0 Å². The number of nitrogens with one attached hydrogen (secondary N) is 1. The minimum absolute atomic E-state index is 0.107. The number of hydrogen-bond donors (Lipinski definition) is 1. The molecule has 0 aromatic heterocycles. The summed E-state index contributed by atoms with van der Waals surface area (Å²) in [6.45, 7) is 0. The van der Waals surface area contributed by atoms with Crippen LogP contribution in [0.3, 0.4) is 0 Å². The van der Waals surface area contributed by atoms with Crippen LogP contribution in [0.25, 0.3) is 0 Å². The number of carboxylic acid groups (broad SMARTS) is 2. The summed E-state index contributed by atoms with van der Waals surface area (Å²) in [5.74, 6) is -3.85. The van der Waals surface area contributed by atoms with Crippen molar-refractivity contribution < 1.29 is 24.6 Å². The Balaban J connectivity index is 4.18. The van der Waals surface area contributed by atoms with Crippen molar-refractivity contribution >= 4 is 33.8 Å². The summed E-state index contributed by atoms with van der Waals surface area (Å²) in [6.07, 6.45) is -0.804. The molecular weight excluding hydrogens is 246 g/mol. The molecule has 0 bridgehead atoms. The fourth-order valence-electron chi connectivity index (χ4n) is 0.593. The lowest BCUT2D eigenvalue weighted by atomic mass is 10.2. The zero-order valence-corrected chi connectivity index (χ0v) is 8.00. The number of carbonyl (C=O) groups is 3. The first-order valence-corrected chi connectivity index (χ1v) is 4.35. The average Bonchev–Trinajstić information content (AvgIpc) is 2.02. The lowest BCUT2D eigenvalue weighted by Crippen LogP contribution is -2.50. The monoisotopic (exact) mass is 251 g/mol. The van der Waals surface area contributed by atoms with Crippen LogP contribution in [0.2, 0.25) is 0 Å². The minimum Gasteiger partial charge on any atom is -0.550 e. The van der Waals surface area contributed by atoms with Gasteiger partial charge >= 0.3 is 0 Å². The Kier molecular flexibility index (Phi) is 5.05. The van der Waals surface area contributed by atoms with E-state index in [1.54, 1.807) is 0 Å². The molecule has 0 saturated carbocycles. The molecule has 0 rings (SSSR count). The van der Waals surface area contributed by atoms with Crippen molar-refractivity contribution in [2.45, 2.75) is 12.5 Å². The van der Waals surface area contributed by atoms with Crippen molar-refractivity contribution in [3.05, 3.63) is 0 Å². The maximum absolute atomic E-state index is 10.6. The van der Waals surface area contributed by atoms with Crippen molar-refractivity contribution in [3.63, 3.8) is 0 Å². The fraction of sp³-hybridized carbons (Fsp3) is 0.500. The summed E-state index contributed by atoms with van der Waals surface area (Å²) in [7, 11) is 0. The molecule has 0 aliphatic rings. The van der Waals surface area contributed by atoms with Gasteiger partial charge in [0, 0.05) is 12.4 Å². The van der Waals surface area contributed by atoms with E-state index in [4.69, 9.17) is 0 Å². The Hall–Kier alpha value is -1.11. The number of carboxylic acids is 2. The van der Waals surface area contributed by atoms with Gasteiger partial charge in [-0.1, -0.05) is 15.9 Å². The van der Waals surface area contributed by atoms with Crippen LogP contribution in [0.15, 0.2) is 0 Å². The third-order valence-corrected chi connectivity index (χ3v) is 1.62. The molecule has 7 heteroatoms. The minimum atomic E-state index is -1.65. The molecule has 0 radical (unpaired) electrons. The maximum Gasteiger partial charge on any atom is 0.231 e. The van der Waals surface area contributed by atoms with E-state index < -0.39 is 30.3 Å².